The van der Waals surface area contributed by atoms with E-state index in [0.717, 1.165) is 11.1 Å². The highest BCUT2D eigenvalue weighted by Gasteiger charge is 2.22. The number of nitrogens with one attached hydrogen (secondary N) is 1. The van der Waals surface area contributed by atoms with Gasteiger partial charge < -0.3 is 10.4 Å². The molecule has 0 fully saturated rings. The van der Waals surface area contributed by atoms with Crippen molar-refractivity contribution in [3.8, 4) is 0 Å². The first kappa shape index (κ1) is 15.2. The van der Waals surface area contributed by atoms with Gasteiger partial charge >= 0.3 is 5.97 Å². The number of carboxylic acids is 1. The Hall–Kier alpha value is -1.88. The van der Waals surface area contributed by atoms with Crippen molar-refractivity contribution in [3.05, 3.63) is 35.4 Å². The lowest BCUT2D eigenvalue weighted by Gasteiger charge is -2.23. The zero-order chi connectivity index (χ0) is 14.4. The Morgan fingerprint density at radius 1 is 1.26 bits per heavy atom. The fourth-order valence-corrected chi connectivity index (χ4v) is 1.82. The van der Waals surface area contributed by atoms with Crippen molar-refractivity contribution in [1.82, 2.24) is 10.2 Å². The molecule has 0 saturated heterocycles. The van der Waals surface area contributed by atoms with E-state index in [1.54, 1.807) is 4.90 Å². The third-order valence-electron chi connectivity index (χ3n) is 2.80. The molecule has 0 spiro atoms. The molecule has 0 aliphatic heterocycles. The van der Waals surface area contributed by atoms with Gasteiger partial charge in [0.2, 0.25) is 5.91 Å². The van der Waals surface area contributed by atoms with Crippen LogP contribution in [0.5, 0.6) is 0 Å². The number of carbonyl (C=O) groups is 2. The third-order valence-corrected chi connectivity index (χ3v) is 2.80. The monoisotopic (exact) mass is 264 g/mol. The van der Waals surface area contributed by atoms with Gasteiger partial charge in [-0.1, -0.05) is 29.8 Å². The maximum atomic E-state index is 12.1. The molecule has 1 atom stereocenters. The van der Waals surface area contributed by atoms with Crippen molar-refractivity contribution in [3.63, 3.8) is 0 Å². The van der Waals surface area contributed by atoms with Crippen LogP contribution in [0.1, 0.15) is 23.6 Å². The highest BCUT2D eigenvalue weighted by molar-refractivity contribution is 5.83. The van der Waals surface area contributed by atoms with E-state index in [1.807, 2.05) is 45.3 Å². The molecule has 0 bridgehead atoms. The summed E-state index contributed by atoms with van der Waals surface area (Å²) in [5.41, 5.74) is 2.02. The predicted octanol–water partition coefficient (Wildman–Crippen LogP) is 1.19. The minimum Gasteiger partial charge on any atom is -0.481 e. The number of hydrogen-bond acceptors (Lipinski definition) is 3. The number of likely N-dealkylation sites (N-methyl/N-ethyl adjacent to an activating group) is 1. The number of amides is 1. The van der Waals surface area contributed by atoms with E-state index in [9.17, 15) is 9.59 Å². The van der Waals surface area contributed by atoms with E-state index >= 15 is 0 Å². The topological polar surface area (TPSA) is 69.6 Å². The number of benzene rings is 1. The summed E-state index contributed by atoms with van der Waals surface area (Å²) < 4.78 is 0. The van der Waals surface area contributed by atoms with Crippen LogP contribution in [0, 0.1) is 6.92 Å². The highest BCUT2D eigenvalue weighted by Crippen LogP contribution is 2.18. The SMILES string of the molecule is Cc1ccc(C(C(=O)NCCC(=O)O)N(C)C)cc1. The van der Waals surface area contributed by atoms with Crippen molar-refractivity contribution in [2.45, 2.75) is 19.4 Å². The average molecular weight is 264 g/mol. The van der Waals surface area contributed by atoms with E-state index in [0.29, 0.717) is 0 Å². The van der Waals surface area contributed by atoms with Crippen LogP contribution >= 0.6 is 0 Å². The lowest BCUT2D eigenvalue weighted by atomic mass is 10.0. The maximum absolute atomic E-state index is 12.1. The lowest BCUT2D eigenvalue weighted by molar-refractivity contribution is -0.137. The summed E-state index contributed by atoms with van der Waals surface area (Å²) in [5, 5.41) is 11.2. The summed E-state index contributed by atoms with van der Waals surface area (Å²) in [6.07, 6.45) is -0.0697. The first-order valence-corrected chi connectivity index (χ1v) is 6.14. The van der Waals surface area contributed by atoms with Crippen LogP contribution in [-0.2, 0) is 9.59 Å². The Morgan fingerprint density at radius 2 is 1.84 bits per heavy atom. The smallest absolute Gasteiger partial charge is 0.305 e. The van der Waals surface area contributed by atoms with Gasteiger partial charge in [0.15, 0.2) is 0 Å². The average Bonchev–Trinajstić information content (AvgIpc) is 2.31. The summed E-state index contributed by atoms with van der Waals surface area (Å²) in [4.78, 5) is 24.3. The number of aryl methyl sites for hydroxylation is 1. The zero-order valence-corrected chi connectivity index (χ0v) is 11.5. The molecule has 104 valence electrons. The Kier molecular flexibility index (Phi) is 5.51. The van der Waals surface area contributed by atoms with E-state index in [1.165, 1.54) is 0 Å². The minimum absolute atomic E-state index is 0.0697. The van der Waals surface area contributed by atoms with Crippen LogP contribution in [0.2, 0.25) is 0 Å². The van der Waals surface area contributed by atoms with Gasteiger partial charge in [0.25, 0.3) is 0 Å². The summed E-state index contributed by atoms with van der Waals surface area (Å²) >= 11 is 0. The van der Waals surface area contributed by atoms with Crippen molar-refractivity contribution >= 4 is 11.9 Å². The van der Waals surface area contributed by atoms with Crippen LogP contribution < -0.4 is 5.32 Å². The van der Waals surface area contributed by atoms with Gasteiger partial charge in [0.1, 0.15) is 6.04 Å². The molecule has 0 radical (unpaired) electrons. The van der Waals surface area contributed by atoms with Crippen LogP contribution in [0.25, 0.3) is 0 Å². The Bertz CT molecular complexity index is 441. The largest absolute Gasteiger partial charge is 0.481 e. The second-order valence-corrected chi connectivity index (χ2v) is 4.71. The first-order valence-electron chi connectivity index (χ1n) is 6.14. The van der Waals surface area contributed by atoms with E-state index in [4.69, 9.17) is 5.11 Å². The Balaban J connectivity index is 2.74. The quantitative estimate of drug-likeness (QED) is 0.809. The van der Waals surface area contributed by atoms with Crippen molar-refractivity contribution in [2.24, 2.45) is 0 Å². The maximum Gasteiger partial charge on any atom is 0.305 e. The van der Waals surface area contributed by atoms with Crippen molar-refractivity contribution in [2.75, 3.05) is 20.6 Å². The molecule has 1 unspecified atom stereocenters. The summed E-state index contributed by atoms with van der Waals surface area (Å²) in [6.45, 7) is 2.13. The fourth-order valence-electron chi connectivity index (χ4n) is 1.82. The minimum atomic E-state index is -0.919. The van der Waals surface area contributed by atoms with Gasteiger partial charge in [-0.05, 0) is 26.6 Å². The molecule has 1 aromatic rings. The van der Waals surface area contributed by atoms with Gasteiger partial charge in [-0.25, -0.2) is 0 Å². The van der Waals surface area contributed by atoms with E-state index in [-0.39, 0.29) is 18.9 Å². The third kappa shape index (κ3) is 4.71. The number of carbonyl (C=O) groups excluding carboxylic acids is 1. The summed E-state index contributed by atoms with van der Waals surface area (Å²) in [7, 11) is 3.64. The van der Waals surface area contributed by atoms with Crippen LogP contribution in [0.15, 0.2) is 24.3 Å². The van der Waals surface area contributed by atoms with Gasteiger partial charge in [-0.15, -0.1) is 0 Å². The molecular formula is C14H20N2O3. The molecule has 5 heteroatoms. The molecule has 19 heavy (non-hydrogen) atoms. The van der Waals surface area contributed by atoms with Gasteiger partial charge in [0.05, 0.1) is 6.42 Å². The van der Waals surface area contributed by atoms with Gasteiger partial charge in [-0.3, -0.25) is 14.5 Å². The number of rotatable bonds is 6. The molecule has 2 N–H and O–H groups in total. The first-order chi connectivity index (χ1) is 8.91. The van der Waals surface area contributed by atoms with Crippen molar-refractivity contribution in [1.29, 1.82) is 0 Å². The van der Waals surface area contributed by atoms with Crippen molar-refractivity contribution < 1.29 is 14.7 Å². The normalized spacial score (nSPS) is 12.2. The number of carboxylic acid groups (broad SMARTS) is 1. The molecule has 1 amide bonds. The summed E-state index contributed by atoms with van der Waals surface area (Å²) in [6, 6.07) is 7.33. The van der Waals surface area contributed by atoms with Crippen LogP contribution in [0.3, 0.4) is 0 Å². The fraction of sp³-hybridized carbons (Fsp3) is 0.429. The highest BCUT2D eigenvalue weighted by atomic mass is 16.4. The van der Waals surface area contributed by atoms with E-state index < -0.39 is 12.0 Å². The van der Waals surface area contributed by atoms with Crippen LogP contribution in [0.4, 0.5) is 0 Å². The zero-order valence-electron chi connectivity index (χ0n) is 11.5. The van der Waals surface area contributed by atoms with Gasteiger partial charge in [0, 0.05) is 6.54 Å². The lowest BCUT2D eigenvalue weighted by Crippen LogP contribution is -2.37. The molecule has 0 aliphatic rings. The molecule has 0 heterocycles. The molecule has 1 aromatic carbocycles. The second kappa shape index (κ2) is 6.89. The standard InChI is InChI=1S/C14H20N2O3/c1-10-4-6-11(7-5-10)13(16(2)3)14(19)15-9-8-12(17)18/h4-7,13H,8-9H2,1-3H3,(H,15,19)(H,17,18). The molecule has 1 rings (SSSR count). The van der Waals surface area contributed by atoms with E-state index in [2.05, 4.69) is 5.32 Å². The Labute approximate surface area is 113 Å². The Morgan fingerprint density at radius 3 is 2.32 bits per heavy atom. The summed E-state index contributed by atoms with van der Waals surface area (Å²) in [5.74, 6) is -1.10. The molecule has 0 aliphatic carbocycles. The second-order valence-electron chi connectivity index (χ2n) is 4.71. The molecular weight excluding hydrogens is 244 g/mol. The molecule has 5 nitrogen and oxygen atoms in total. The number of nitrogens with zero attached hydrogens (tertiary/aromatic N) is 1. The number of hydrogen-bond donors (Lipinski definition) is 2. The molecule has 0 saturated carbocycles. The van der Waals surface area contributed by atoms with Gasteiger partial charge in [-0.2, -0.15) is 0 Å². The number of aliphatic carboxylic acids is 1. The van der Waals surface area contributed by atoms with Crippen LogP contribution in [-0.4, -0.2) is 42.5 Å². The molecule has 0 aromatic heterocycles. The predicted molar refractivity (Wildman–Crippen MR) is 72.9 cm³/mol.